The molecule has 0 spiro atoms. The molecule has 0 bridgehead atoms. The maximum atomic E-state index is 14.5. The summed E-state index contributed by atoms with van der Waals surface area (Å²) in [7, 11) is 0. The number of ether oxygens (including phenoxy) is 1. The Morgan fingerprint density at radius 1 is 1.14 bits per heavy atom. The predicted molar refractivity (Wildman–Crippen MR) is 104 cm³/mol. The van der Waals surface area contributed by atoms with Crippen molar-refractivity contribution in [2.45, 2.75) is 44.6 Å². The first-order chi connectivity index (χ1) is 13.5. The second-order valence-electron chi connectivity index (χ2n) is 7.13. The molecular weight excluding hydrogens is 364 g/mol. The van der Waals surface area contributed by atoms with Gasteiger partial charge in [-0.05, 0) is 56.4 Å². The third-order valence-corrected chi connectivity index (χ3v) is 4.98. The summed E-state index contributed by atoms with van der Waals surface area (Å²) in [6, 6.07) is 12.3. The number of benzene rings is 2. The Morgan fingerprint density at radius 2 is 1.86 bits per heavy atom. The number of carboxylic acid groups (broad SMARTS) is 1. The van der Waals surface area contributed by atoms with Gasteiger partial charge in [0.15, 0.2) is 0 Å². The van der Waals surface area contributed by atoms with E-state index in [0.717, 1.165) is 25.1 Å². The molecule has 6 heteroatoms. The average Bonchev–Trinajstić information content (AvgIpc) is 2.67. The SMILES string of the molecule is O=C(O)CCCCc1c(F)cc(N2CCCC(Oc3ccccc3)C2)cc1F. The molecule has 1 heterocycles. The molecular formula is C22H25F2NO3. The number of halogens is 2. The molecule has 1 fully saturated rings. The maximum absolute atomic E-state index is 14.5. The summed E-state index contributed by atoms with van der Waals surface area (Å²) in [5.41, 5.74) is 0.550. The van der Waals surface area contributed by atoms with Crippen molar-refractivity contribution in [2.75, 3.05) is 18.0 Å². The van der Waals surface area contributed by atoms with Crippen LogP contribution in [-0.2, 0) is 11.2 Å². The first-order valence-electron chi connectivity index (χ1n) is 9.69. The molecule has 28 heavy (non-hydrogen) atoms. The van der Waals surface area contributed by atoms with E-state index in [1.807, 2.05) is 35.2 Å². The van der Waals surface area contributed by atoms with Crippen LogP contribution in [0.25, 0.3) is 0 Å². The third kappa shape index (κ3) is 5.44. The van der Waals surface area contributed by atoms with Gasteiger partial charge in [-0.1, -0.05) is 18.2 Å². The van der Waals surface area contributed by atoms with Gasteiger partial charge in [0.1, 0.15) is 23.5 Å². The Labute approximate surface area is 163 Å². The van der Waals surface area contributed by atoms with Crippen LogP contribution in [-0.4, -0.2) is 30.3 Å². The lowest BCUT2D eigenvalue weighted by Gasteiger charge is -2.34. The van der Waals surface area contributed by atoms with Gasteiger partial charge < -0.3 is 14.7 Å². The Morgan fingerprint density at radius 3 is 2.54 bits per heavy atom. The molecule has 1 N–H and O–H groups in total. The lowest BCUT2D eigenvalue weighted by atomic mass is 10.0. The molecule has 1 atom stereocenters. The molecule has 3 rings (SSSR count). The van der Waals surface area contributed by atoms with Crippen molar-refractivity contribution >= 4 is 11.7 Å². The summed E-state index contributed by atoms with van der Waals surface area (Å²) in [4.78, 5) is 12.5. The minimum absolute atomic E-state index is 0.0118. The highest BCUT2D eigenvalue weighted by molar-refractivity contribution is 5.66. The van der Waals surface area contributed by atoms with E-state index in [0.29, 0.717) is 25.1 Å². The first-order valence-corrected chi connectivity index (χ1v) is 9.69. The molecule has 1 unspecified atom stereocenters. The van der Waals surface area contributed by atoms with E-state index in [2.05, 4.69) is 0 Å². The van der Waals surface area contributed by atoms with Crippen molar-refractivity contribution in [1.82, 2.24) is 0 Å². The van der Waals surface area contributed by atoms with Gasteiger partial charge in [-0.25, -0.2) is 8.78 Å². The highest BCUT2D eigenvalue weighted by Gasteiger charge is 2.23. The fourth-order valence-corrected chi connectivity index (χ4v) is 3.55. The lowest BCUT2D eigenvalue weighted by Crippen LogP contribution is -2.41. The summed E-state index contributed by atoms with van der Waals surface area (Å²) in [5, 5.41) is 8.65. The van der Waals surface area contributed by atoms with Gasteiger partial charge in [0.2, 0.25) is 0 Å². The average molecular weight is 389 g/mol. The zero-order valence-corrected chi connectivity index (χ0v) is 15.7. The van der Waals surface area contributed by atoms with Crippen molar-refractivity contribution in [3.63, 3.8) is 0 Å². The van der Waals surface area contributed by atoms with E-state index < -0.39 is 17.6 Å². The van der Waals surface area contributed by atoms with Gasteiger partial charge in [0.05, 0.1) is 6.54 Å². The number of rotatable bonds is 8. The minimum atomic E-state index is -0.895. The van der Waals surface area contributed by atoms with E-state index in [-0.39, 0.29) is 24.5 Å². The number of nitrogens with zero attached hydrogens (tertiary/aromatic N) is 1. The first kappa shape index (κ1) is 20.1. The summed E-state index contributed by atoms with van der Waals surface area (Å²) in [6.07, 6.45) is 2.81. The van der Waals surface area contributed by atoms with Crippen LogP contribution in [0.3, 0.4) is 0 Å². The smallest absolute Gasteiger partial charge is 0.303 e. The van der Waals surface area contributed by atoms with Crippen molar-refractivity contribution in [1.29, 1.82) is 0 Å². The maximum Gasteiger partial charge on any atom is 0.303 e. The van der Waals surface area contributed by atoms with Crippen molar-refractivity contribution in [3.05, 3.63) is 59.7 Å². The van der Waals surface area contributed by atoms with Gasteiger partial charge >= 0.3 is 5.97 Å². The second kappa shape index (κ2) is 9.53. The summed E-state index contributed by atoms with van der Waals surface area (Å²) < 4.78 is 35.0. The number of hydrogen-bond donors (Lipinski definition) is 1. The van der Waals surface area contributed by atoms with Gasteiger partial charge in [-0.15, -0.1) is 0 Å². The van der Waals surface area contributed by atoms with Gasteiger partial charge in [0, 0.05) is 24.2 Å². The molecule has 0 radical (unpaired) electrons. The molecule has 0 amide bonds. The van der Waals surface area contributed by atoms with E-state index in [9.17, 15) is 13.6 Å². The lowest BCUT2D eigenvalue weighted by molar-refractivity contribution is -0.137. The molecule has 1 aliphatic heterocycles. The van der Waals surface area contributed by atoms with E-state index >= 15 is 0 Å². The molecule has 4 nitrogen and oxygen atoms in total. The Balaban J connectivity index is 1.63. The summed E-state index contributed by atoms with van der Waals surface area (Å²) >= 11 is 0. The Bertz CT molecular complexity index is 775. The fraction of sp³-hybridized carbons (Fsp3) is 0.409. The molecule has 0 aromatic heterocycles. The molecule has 0 aliphatic carbocycles. The van der Waals surface area contributed by atoms with Crippen LogP contribution >= 0.6 is 0 Å². The van der Waals surface area contributed by atoms with Crippen molar-refractivity contribution < 1.29 is 23.4 Å². The molecule has 1 aliphatic rings. The standard InChI is InChI=1S/C22H25F2NO3/c23-20-13-16(14-21(24)19(20)10-4-5-11-22(26)27)25-12-6-9-18(15-25)28-17-7-2-1-3-8-17/h1-3,7-8,13-14,18H,4-6,9-12,15H2,(H,26,27). The topological polar surface area (TPSA) is 49.8 Å². The zero-order valence-electron chi connectivity index (χ0n) is 15.7. The van der Waals surface area contributed by atoms with Crippen LogP contribution in [0, 0.1) is 11.6 Å². The van der Waals surface area contributed by atoms with Crippen LogP contribution in [0.4, 0.5) is 14.5 Å². The van der Waals surface area contributed by atoms with Gasteiger partial charge in [-0.3, -0.25) is 4.79 Å². The largest absolute Gasteiger partial charge is 0.489 e. The minimum Gasteiger partial charge on any atom is -0.489 e. The number of carboxylic acids is 1. The number of para-hydroxylation sites is 1. The number of anilines is 1. The summed E-state index contributed by atoms with van der Waals surface area (Å²) in [6.45, 7) is 1.30. The predicted octanol–water partition coefficient (Wildman–Crippen LogP) is 4.81. The number of unbranched alkanes of at least 4 members (excludes halogenated alkanes) is 1. The highest BCUT2D eigenvalue weighted by atomic mass is 19.1. The zero-order chi connectivity index (χ0) is 19.9. The number of aliphatic carboxylic acids is 1. The number of hydrogen-bond acceptors (Lipinski definition) is 3. The monoisotopic (exact) mass is 389 g/mol. The quantitative estimate of drug-likeness (QED) is 0.659. The van der Waals surface area contributed by atoms with Crippen LogP contribution < -0.4 is 9.64 Å². The van der Waals surface area contributed by atoms with Crippen molar-refractivity contribution in [3.8, 4) is 5.75 Å². The van der Waals surface area contributed by atoms with Crippen LogP contribution in [0.15, 0.2) is 42.5 Å². The fourth-order valence-electron chi connectivity index (χ4n) is 3.55. The normalized spacial score (nSPS) is 16.8. The molecule has 2 aromatic rings. The van der Waals surface area contributed by atoms with Crippen LogP contribution in [0.5, 0.6) is 5.75 Å². The number of carbonyl (C=O) groups is 1. The van der Waals surface area contributed by atoms with E-state index in [4.69, 9.17) is 9.84 Å². The third-order valence-electron chi connectivity index (χ3n) is 4.98. The van der Waals surface area contributed by atoms with Crippen LogP contribution in [0.1, 0.15) is 37.7 Å². The Kier molecular flexibility index (Phi) is 6.85. The van der Waals surface area contributed by atoms with E-state index in [1.54, 1.807) is 0 Å². The molecule has 2 aromatic carbocycles. The molecule has 0 saturated carbocycles. The van der Waals surface area contributed by atoms with Crippen LogP contribution in [0.2, 0.25) is 0 Å². The van der Waals surface area contributed by atoms with E-state index in [1.165, 1.54) is 12.1 Å². The number of piperidine rings is 1. The highest BCUT2D eigenvalue weighted by Crippen LogP contribution is 2.27. The summed E-state index contributed by atoms with van der Waals surface area (Å²) in [5.74, 6) is -1.25. The van der Waals surface area contributed by atoms with Crippen molar-refractivity contribution in [2.24, 2.45) is 0 Å². The van der Waals surface area contributed by atoms with Gasteiger partial charge in [0.25, 0.3) is 0 Å². The molecule has 1 saturated heterocycles. The second-order valence-corrected chi connectivity index (χ2v) is 7.13. The van der Waals surface area contributed by atoms with Gasteiger partial charge in [-0.2, -0.15) is 0 Å². The Hall–Kier alpha value is -2.63. The molecule has 150 valence electrons.